The topological polar surface area (TPSA) is 47.2 Å². The van der Waals surface area contributed by atoms with Gasteiger partial charge < -0.3 is 19.9 Å². The Hall–Kier alpha value is -1.30. The third-order valence-corrected chi connectivity index (χ3v) is 4.83. The molecule has 1 atom stereocenters. The average Bonchev–Trinajstić information content (AvgIpc) is 2.56. The van der Waals surface area contributed by atoms with Crippen LogP contribution in [0.4, 0.5) is 0 Å². The Morgan fingerprint density at radius 3 is 2.38 bits per heavy atom. The van der Waals surface area contributed by atoms with Crippen molar-refractivity contribution >= 4 is 17.5 Å². The van der Waals surface area contributed by atoms with Gasteiger partial charge in [-0.15, -0.1) is 0 Å². The van der Waals surface area contributed by atoms with E-state index in [1.54, 1.807) is 4.90 Å². The highest BCUT2D eigenvalue weighted by atomic mass is 35.5. The predicted octanol–water partition coefficient (Wildman–Crippen LogP) is -0.585. The van der Waals surface area contributed by atoms with E-state index in [-0.39, 0.29) is 18.0 Å². The van der Waals surface area contributed by atoms with E-state index in [1.165, 1.54) is 4.90 Å². The zero-order chi connectivity index (χ0) is 17.5. The van der Waals surface area contributed by atoms with Crippen LogP contribution in [0.3, 0.4) is 0 Å². The molecule has 1 aliphatic heterocycles. The van der Waals surface area contributed by atoms with Crippen LogP contribution in [0.1, 0.15) is 20.8 Å². The molecule has 0 saturated carbocycles. The number of piperazine rings is 1. The van der Waals surface area contributed by atoms with E-state index in [9.17, 15) is 4.79 Å². The number of rotatable bonds is 7. The van der Waals surface area contributed by atoms with Crippen LogP contribution < -0.4 is 19.9 Å². The first-order valence-electron chi connectivity index (χ1n) is 8.82. The van der Waals surface area contributed by atoms with Crippen molar-refractivity contribution in [2.24, 2.45) is 0 Å². The highest BCUT2D eigenvalue weighted by Crippen LogP contribution is 2.14. The molecule has 0 aromatic heterocycles. The zero-order valence-electron chi connectivity index (χ0n) is 14.9. The maximum atomic E-state index is 12.1. The first-order valence-corrected chi connectivity index (χ1v) is 9.20. The molecule has 1 aliphatic rings. The molecular formula is C18H30ClN3O2+2. The third kappa shape index (κ3) is 5.96. The lowest BCUT2D eigenvalue weighted by Gasteiger charge is -2.32. The monoisotopic (exact) mass is 355 g/mol. The summed E-state index contributed by atoms with van der Waals surface area (Å²) < 4.78 is 5.77. The van der Waals surface area contributed by atoms with E-state index >= 15 is 0 Å². The highest BCUT2D eigenvalue weighted by molar-refractivity contribution is 6.30. The average molecular weight is 356 g/mol. The minimum atomic E-state index is 0.0271. The van der Waals surface area contributed by atoms with Crippen LogP contribution in [0.25, 0.3) is 0 Å². The number of nitrogens with one attached hydrogen (secondary N) is 3. The van der Waals surface area contributed by atoms with Crippen molar-refractivity contribution in [3.8, 4) is 5.75 Å². The van der Waals surface area contributed by atoms with Crippen molar-refractivity contribution in [1.82, 2.24) is 5.32 Å². The molecule has 1 aromatic carbocycles. The van der Waals surface area contributed by atoms with E-state index in [0.29, 0.717) is 6.61 Å². The fraction of sp³-hybridized carbons (Fsp3) is 0.611. The normalized spacial score (nSPS) is 22.2. The third-order valence-electron chi connectivity index (χ3n) is 4.57. The van der Waals surface area contributed by atoms with Crippen LogP contribution in [0, 0.1) is 0 Å². The molecule has 0 radical (unpaired) electrons. The number of amides is 1. The lowest BCUT2D eigenvalue weighted by atomic mass is 10.2. The molecule has 1 fully saturated rings. The standard InChI is InChI=1S/C18H28ClN3O2/c1-14(2)20-18(23)15(3)22-10-8-21(9-11-22)12-13-24-17-6-4-16(19)5-7-17/h4-7,14-15H,8-13H2,1-3H3,(H,20,23)/p+2/t15-/m1/s1. The number of quaternary nitrogens is 2. The van der Waals surface area contributed by atoms with Crippen molar-refractivity contribution in [3.63, 3.8) is 0 Å². The van der Waals surface area contributed by atoms with Gasteiger partial charge in [-0.1, -0.05) is 11.6 Å². The number of benzene rings is 1. The number of halogens is 1. The van der Waals surface area contributed by atoms with E-state index in [4.69, 9.17) is 16.3 Å². The van der Waals surface area contributed by atoms with Crippen molar-refractivity contribution in [3.05, 3.63) is 29.3 Å². The van der Waals surface area contributed by atoms with Crippen LogP contribution in [0.2, 0.25) is 5.02 Å². The SMILES string of the molecule is CC(C)NC(=O)[C@@H](C)[NH+]1CC[NH+](CCOc2ccc(Cl)cc2)CC1. The van der Waals surface area contributed by atoms with Crippen molar-refractivity contribution in [2.75, 3.05) is 39.3 Å². The van der Waals surface area contributed by atoms with Crippen LogP contribution in [0.5, 0.6) is 5.75 Å². The van der Waals surface area contributed by atoms with Crippen molar-refractivity contribution < 1.29 is 19.3 Å². The molecule has 0 spiro atoms. The molecule has 134 valence electrons. The number of carbonyl (C=O) groups excluding carboxylic acids is 1. The number of carbonyl (C=O) groups is 1. The summed E-state index contributed by atoms with van der Waals surface area (Å²) in [6.07, 6.45) is 0. The van der Waals surface area contributed by atoms with Gasteiger partial charge in [0.25, 0.3) is 5.91 Å². The van der Waals surface area contributed by atoms with Crippen LogP contribution in [0.15, 0.2) is 24.3 Å². The van der Waals surface area contributed by atoms with Gasteiger partial charge in [-0.2, -0.15) is 0 Å². The lowest BCUT2D eigenvalue weighted by molar-refractivity contribution is -1.02. The minimum Gasteiger partial charge on any atom is -0.488 e. The van der Waals surface area contributed by atoms with Crippen molar-refractivity contribution in [2.45, 2.75) is 32.9 Å². The van der Waals surface area contributed by atoms with E-state index in [1.807, 2.05) is 45.0 Å². The molecule has 1 heterocycles. The highest BCUT2D eigenvalue weighted by Gasteiger charge is 2.30. The van der Waals surface area contributed by atoms with Crippen molar-refractivity contribution in [1.29, 1.82) is 0 Å². The van der Waals surface area contributed by atoms with Gasteiger partial charge in [0.05, 0.1) is 0 Å². The molecule has 1 saturated heterocycles. The Morgan fingerprint density at radius 1 is 1.17 bits per heavy atom. The second-order valence-corrected chi connectivity index (χ2v) is 7.28. The summed E-state index contributed by atoms with van der Waals surface area (Å²) in [4.78, 5) is 15.0. The van der Waals surface area contributed by atoms with Gasteiger partial charge in [0.15, 0.2) is 6.04 Å². The predicted molar refractivity (Wildman–Crippen MR) is 95.9 cm³/mol. The van der Waals surface area contributed by atoms with Crippen LogP contribution >= 0.6 is 11.6 Å². The quantitative estimate of drug-likeness (QED) is 0.612. The Bertz CT molecular complexity index is 514. The van der Waals surface area contributed by atoms with Gasteiger partial charge >= 0.3 is 0 Å². The number of ether oxygens (including phenoxy) is 1. The molecule has 0 aliphatic carbocycles. The summed E-state index contributed by atoms with van der Waals surface area (Å²) in [7, 11) is 0. The summed E-state index contributed by atoms with van der Waals surface area (Å²) in [5.74, 6) is 1.02. The zero-order valence-corrected chi connectivity index (χ0v) is 15.7. The van der Waals surface area contributed by atoms with Crippen LogP contribution in [-0.2, 0) is 4.79 Å². The maximum Gasteiger partial charge on any atom is 0.278 e. The van der Waals surface area contributed by atoms with Gasteiger partial charge in [-0.25, -0.2) is 0 Å². The molecule has 3 N–H and O–H groups in total. The summed E-state index contributed by atoms with van der Waals surface area (Å²) in [6, 6.07) is 7.71. The van der Waals surface area contributed by atoms with Gasteiger partial charge in [0.2, 0.25) is 0 Å². The number of hydrogen-bond donors (Lipinski definition) is 3. The van der Waals surface area contributed by atoms with Crippen LogP contribution in [-0.4, -0.2) is 57.3 Å². The van der Waals surface area contributed by atoms with E-state index in [2.05, 4.69) is 5.32 Å². The first kappa shape index (κ1) is 19.0. The number of hydrogen-bond acceptors (Lipinski definition) is 2. The molecule has 0 unspecified atom stereocenters. The molecule has 2 rings (SSSR count). The largest absolute Gasteiger partial charge is 0.488 e. The Morgan fingerprint density at radius 2 is 1.79 bits per heavy atom. The molecule has 5 nitrogen and oxygen atoms in total. The molecule has 24 heavy (non-hydrogen) atoms. The maximum absolute atomic E-state index is 12.1. The molecule has 1 amide bonds. The van der Waals surface area contributed by atoms with Gasteiger partial charge in [-0.3, -0.25) is 4.79 Å². The Kier molecular flexibility index (Phi) is 7.34. The fourth-order valence-electron chi connectivity index (χ4n) is 3.05. The smallest absolute Gasteiger partial charge is 0.278 e. The Labute approximate surface area is 149 Å². The molecule has 1 aromatic rings. The summed E-state index contributed by atoms with van der Waals surface area (Å²) in [6.45, 7) is 12.0. The van der Waals surface area contributed by atoms with E-state index in [0.717, 1.165) is 43.5 Å². The Balaban J connectivity index is 1.67. The van der Waals surface area contributed by atoms with Gasteiger partial charge in [-0.05, 0) is 45.0 Å². The summed E-state index contributed by atoms with van der Waals surface area (Å²) >= 11 is 5.87. The lowest BCUT2D eigenvalue weighted by Crippen LogP contribution is -3.30. The fourth-order valence-corrected chi connectivity index (χ4v) is 3.17. The summed E-state index contributed by atoms with van der Waals surface area (Å²) in [5.41, 5.74) is 0. The molecule has 0 bridgehead atoms. The first-order chi connectivity index (χ1) is 11.5. The molecule has 6 heteroatoms. The second-order valence-electron chi connectivity index (χ2n) is 6.85. The summed E-state index contributed by atoms with van der Waals surface area (Å²) in [5, 5.41) is 3.74. The van der Waals surface area contributed by atoms with E-state index < -0.39 is 0 Å². The van der Waals surface area contributed by atoms with Gasteiger partial charge in [0.1, 0.15) is 45.1 Å². The molecular weight excluding hydrogens is 326 g/mol. The second kappa shape index (κ2) is 9.25. The minimum absolute atomic E-state index is 0.0271. The van der Waals surface area contributed by atoms with Gasteiger partial charge in [0, 0.05) is 11.1 Å².